The summed E-state index contributed by atoms with van der Waals surface area (Å²) in [4.78, 5) is 12.0. The van der Waals surface area contributed by atoms with Crippen LogP contribution in [0.1, 0.15) is 46.0 Å². The summed E-state index contributed by atoms with van der Waals surface area (Å²) in [5, 5.41) is 0. The van der Waals surface area contributed by atoms with E-state index < -0.39 is 0 Å². The molecule has 1 saturated carbocycles. The molecular weight excluding hydrogens is 172 g/mol. The maximum atomic E-state index is 12.0. The van der Waals surface area contributed by atoms with Crippen LogP contribution in [0, 0.1) is 5.92 Å². The van der Waals surface area contributed by atoms with Crippen LogP contribution in [0.15, 0.2) is 22.8 Å². The highest BCUT2D eigenvalue weighted by atomic mass is 16.1. The lowest BCUT2D eigenvalue weighted by Crippen LogP contribution is -2.11. The minimum absolute atomic E-state index is 0.252. The number of hydrogen-bond donors (Lipinski definition) is 0. The van der Waals surface area contributed by atoms with Crippen LogP contribution in [0.3, 0.4) is 0 Å². The second-order valence-electron chi connectivity index (χ2n) is 4.65. The molecule has 0 radical (unpaired) electrons. The van der Waals surface area contributed by atoms with Gasteiger partial charge in [-0.2, -0.15) is 0 Å². The lowest BCUT2D eigenvalue weighted by atomic mass is 9.94. The number of Topliss-reactive ketones (excluding diaryl/α,β-unsaturated/α-hetero) is 1. The van der Waals surface area contributed by atoms with Gasteiger partial charge in [0.1, 0.15) is 0 Å². The van der Waals surface area contributed by atoms with Crippen LogP contribution < -0.4 is 0 Å². The smallest absolute Gasteiger partial charge is 0.169 e. The Morgan fingerprint density at radius 1 is 1.29 bits per heavy atom. The summed E-state index contributed by atoms with van der Waals surface area (Å²) < 4.78 is 0. The molecule has 0 aromatic heterocycles. The van der Waals surface area contributed by atoms with Crippen molar-refractivity contribution in [3.63, 3.8) is 0 Å². The second-order valence-corrected chi connectivity index (χ2v) is 4.65. The van der Waals surface area contributed by atoms with E-state index in [-0.39, 0.29) is 5.92 Å². The van der Waals surface area contributed by atoms with Gasteiger partial charge < -0.3 is 0 Å². The predicted molar refractivity (Wildman–Crippen MR) is 58.0 cm³/mol. The number of rotatable bonds is 0. The van der Waals surface area contributed by atoms with Crippen molar-refractivity contribution in [1.82, 2.24) is 0 Å². The highest BCUT2D eigenvalue weighted by Gasteiger charge is 2.31. The molecule has 2 aliphatic rings. The van der Waals surface area contributed by atoms with Gasteiger partial charge in [-0.15, -0.1) is 0 Å². The highest BCUT2D eigenvalue weighted by molar-refractivity contribution is 6.05. The summed E-state index contributed by atoms with van der Waals surface area (Å²) >= 11 is 0. The average Bonchev–Trinajstić information content (AvgIpc) is 2.37. The fourth-order valence-corrected chi connectivity index (χ4v) is 2.52. The first-order chi connectivity index (χ1) is 6.70. The number of carbonyl (C=O) groups excluding carboxylic acids is 1. The molecule has 1 nitrogen and oxygen atoms in total. The van der Waals surface area contributed by atoms with Gasteiger partial charge >= 0.3 is 0 Å². The zero-order chi connectivity index (χ0) is 10.1. The van der Waals surface area contributed by atoms with Crippen LogP contribution in [-0.4, -0.2) is 5.78 Å². The fourth-order valence-electron chi connectivity index (χ4n) is 2.52. The summed E-state index contributed by atoms with van der Waals surface area (Å²) in [5.41, 5.74) is 3.58. The quantitative estimate of drug-likeness (QED) is 0.535. The van der Waals surface area contributed by atoms with E-state index in [2.05, 4.69) is 6.08 Å². The fraction of sp³-hybridized carbons (Fsp3) is 0.615. The van der Waals surface area contributed by atoms with Gasteiger partial charge in [0.15, 0.2) is 5.78 Å². The average molecular weight is 190 g/mol. The van der Waals surface area contributed by atoms with Crippen molar-refractivity contribution >= 4 is 5.78 Å². The highest BCUT2D eigenvalue weighted by Crippen LogP contribution is 2.37. The molecule has 0 unspecified atom stereocenters. The van der Waals surface area contributed by atoms with E-state index >= 15 is 0 Å². The number of hydrogen-bond acceptors (Lipinski definition) is 1. The van der Waals surface area contributed by atoms with E-state index in [4.69, 9.17) is 0 Å². The van der Waals surface area contributed by atoms with Gasteiger partial charge in [-0.3, -0.25) is 4.79 Å². The first kappa shape index (κ1) is 9.70. The Balaban J connectivity index is 2.32. The van der Waals surface area contributed by atoms with E-state index in [9.17, 15) is 4.79 Å². The van der Waals surface area contributed by atoms with Crippen molar-refractivity contribution in [2.45, 2.75) is 46.0 Å². The van der Waals surface area contributed by atoms with E-state index in [0.717, 1.165) is 18.4 Å². The molecule has 1 fully saturated rings. The lowest BCUT2D eigenvalue weighted by molar-refractivity contribution is -0.117. The van der Waals surface area contributed by atoms with E-state index in [1.54, 1.807) is 0 Å². The van der Waals surface area contributed by atoms with E-state index in [1.165, 1.54) is 30.4 Å². The molecule has 0 amide bonds. The van der Waals surface area contributed by atoms with Gasteiger partial charge in [0.25, 0.3) is 0 Å². The number of fused-ring (bicyclic) bond motifs is 1. The molecule has 1 atom stereocenters. The van der Waals surface area contributed by atoms with Gasteiger partial charge in [0.2, 0.25) is 0 Å². The van der Waals surface area contributed by atoms with Crippen molar-refractivity contribution in [1.29, 1.82) is 0 Å². The monoisotopic (exact) mass is 190 g/mol. The van der Waals surface area contributed by atoms with Gasteiger partial charge in [-0.05, 0) is 33.1 Å². The Morgan fingerprint density at radius 3 is 2.79 bits per heavy atom. The first-order valence-corrected chi connectivity index (χ1v) is 5.62. The zero-order valence-electron chi connectivity index (χ0n) is 9.10. The summed E-state index contributed by atoms with van der Waals surface area (Å²) in [6.45, 7) is 4.07. The predicted octanol–water partition coefficient (Wildman–Crippen LogP) is 3.41. The van der Waals surface area contributed by atoms with Crippen molar-refractivity contribution in [2.24, 2.45) is 5.92 Å². The molecule has 2 aliphatic carbocycles. The molecule has 0 heterocycles. The van der Waals surface area contributed by atoms with Crippen LogP contribution in [0.5, 0.6) is 0 Å². The summed E-state index contributed by atoms with van der Waals surface area (Å²) in [7, 11) is 0. The lowest BCUT2D eigenvalue weighted by Gasteiger charge is -2.08. The molecule has 76 valence electrons. The van der Waals surface area contributed by atoms with Gasteiger partial charge in [0.05, 0.1) is 0 Å². The zero-order valence-corrected chi connectivity index (χ0v) is 9.10. The van der Waals surface area contributed by atoms with Crippen molar-refractivity contribution in [3.8, 4) is 0 Å². The van der Waals surface area contributed by atoms with E-state index in [1.807, 2.05) is 13.8 Å². The topological polar surface area (TPSA) is 17.1 Å². The normalized spacial score (nSPS) is 27.0. The number of allylic oxidation sites excluding steroid dienone is 4. The Kier molecular flexibility index (Phi) is 2.58. The molecule has 0 aromatic carbocycles. The Morgan fingerprint density at radius 2 is 2.07 bits per heavy atom. The minimum Gasteiger partial charge on any atom is -0.294 e. The summed E-state index contributed by atoms with van der Waals surface area (Å²) in [6, 6.07) is 0. The third-order valence-electron chi connectivity index (χ3n) is 3.36. The molecule has 1 heteroatoms. The first-order valence-electron chi connectivity index (χ1n) is 5.62. The summed E-state index contributed by atoms with van der Waals surface area (Å²) in [5.74, 6) is 0.643. The molecule has 0 aliphatic heterocycles. The van der Waals surface area contributed by atoms with Crippen LogP contribution in [0.25, 0.3) is 0 Å². The van der Waals surface area contributed by atoms with Gasteiger partial charge in [0, 0.05) is 11.5 Å². The standard InChI is InChI=1S/C13H18O/c1-9(2)12-8-10-6-4-3-5-7-11(10)13(12)14/h8,11H,3-7H2,1-2H3/t11-/m1/s1. The van der Waals surface area contributed by atoms with Gasteiger partial charge in [-0.25, -0.2) is 0 Å². The molecule has 0 N–H and O–H groups in total. The Bertz CT molecular complexity index is 316. The Hall–Kier alpha value is -0.850. The Labute approximate surface area is 85.9 Å². The van der Waals surface area contributed by atoms with E-state index in [0.29, 0.717) is 5.78 Å². The van der Waals surface area contributed by atoms with Crippen LogP contribution >= 0.6 is 0 Å². The second kappa shape index (κ2) is 3.72. The van der Waals surface area contributed by atoms with Crippen molar-refractivity contribution < 1.29 is 4.79 Å². The molecule has 0 bridgehead atoms. The largest absolute Gasteiger partial charge is 0.294 e. The van der Waals surface area contributed by atoms with Crippen molar-refractivity contribution in [2.75, 3.05) is 0 Å². The molecule has 14 heavy (non-hydrogen) atoms. The summed E-state index contributed by atoms with van der Waals surface area (Å²) in [6.07, 6.45) is 8.18. The minimum atomic E-state index is 0.252. The van der Waals surface area contributed by atoms with Crippen molar-refractivity contribution in [3.05, 3.63) is 22.8 Å². The molecule has 0 saturated heterocycles. The third kappa shape index (κ3) is 1.56. The molecule has 0 spiro atoms. The van der Waals surface area contributed by atoms with Gasteiger partial charge in [-0.1, -0.05) is 30.1 Å². The maximum absolute atomic E-state index is 12.0. The molecule has 2 rings (SSSR count). The SMILES string of the molecule is CC(C)=C1C=C2CCCCC[C@H]2C1=O. The number of carbonyl (C=O) groups is 1. The van der Waals surface area contributed by atoms with Crippen LogP contribution in [-0.2, 0) is 4.79 Å². The maximum Gasteiger partial charge on any atom is 0.169 e. The molecule has 0 aromatic rings. The third-order valence-corrected chi connectivity index (χ3v) is 3.36. The van der Waals surface area contributed by atoms with Crippen LogP contribution in [0.2, 0.25) is 0 Å². The molecular formula is C13H18O. The number of ketones is 1. The van der Waals surface area contributed by atoms with Crippen LogP contribution in [0.4, 0.5) is 0 Å².